The molecule has 1 N–H and O–H groups in total. The molecule has 0 saturated carbocycles. The van der Waals surface area contributed by atoms with Crippen molar-refractivity contribution in [2.24, 2.45) is 0 Å². The Labute approximate surface area is 177 Å². The number of pyridine rings is 1. The number of nitrogens with zero attached hydrogens (tertiary/aromatic N) is 4. The molecule has 0 spiro atoms. The molecule has 1 atom stereocenters. The van der Waals surface area contributed by atoms with Gasteiger partial charge in [-0.15, -0.1) is 10.2 Å². The first-order chi connectivity index (χ1) is 14.5. The van der Waals surface area contributed by atoms with Crippen molar-refractivity contribution in [3.8, 4) is 5.75 Å². The highest BCUT2D eigenvalue weighted by Crippen LogP contribution is 2.31. The van der Waals surface area contributed by atoms with Crippen LogP contribution in [0, 0.1) is 0 Å². The van der Waals surface area contributed by atoms with E-state index >= 15 is 0 Å². The summed E-state index contributed by atoms with van der Waals surface area (Å²) in [4.78, 5) is 15.2. The van der Waals surface area contributed by atoms with E-state index in [0.717, 1.165) is 30.1 Å². The molecule has 158 valence electrons. The molecule has 30 heavy (non-hydrogen) atoms. The highest BCUT2D eigenvalue weighted by atomic mass is 16.5. The molecule has 3 aromatic rings. The lowest BCUT2D eigenvalue weighted by molar-refractivity contribution is 0.0762. The van der Waals surface area contributed by atoms with E-state index in [-0.39, 0.29) is 11.8 Å². The highest BCUT2D eigenvalue weighted by Gasteiger charge is 2.24. The fourth-order valence-electron chi connectivity index (χ4n) is 4.09. The topological polar surface area (TPSA) is 71.8 Å². The number of anilines is 1. The Kier molecular flexibility index (Phi) is 5.61. The second-order valence-corrected chi connectivity index (χ2v) is 8.07. The minimum Gasteiger partial charge on any atom is -0.497 e. The van der Waals surface area contributed by atoms with Gasteiger partial charge in [-0.2, -0.15) is 0 Å². The molecule has 4 rings (SSSR count). The minimum atomic E-state index is 0.00277. The molecular formula is C23H29N5O2. The zero-order valence-electron chi connectivity index (χ0n) is 18.1. The van der Waals surface area contributed by atoms with E-state index in [2.05, 4.69) is 35.4 Å². The van der Waals surface area contributed by atoms with Gasteiger partial charge in [0.1, 0.15) is 11.6 Å². The lowest BCUT2D eigenvalue weighted by atomic mass is 10.1. The molecule has 1 aromatic carbocycles. The van der Waals surface area contributed by atoms with Gasteiger partial charge in [0.25, 0.3) is 5.91 Å². The summed E-state index contributed by atoms with van der Waals surface area (Å²) in [5, 5.41) is 12.2. The molecule has 1 aliphatic rings. The van der Waals surface area contributed by atoms with Crippen molar-refractivity contribution in [3.05, 3.63) is 53.5 Å². The van der Waals surface area contributed by atoms with E-state index in [9.17, 15) is 4.79 Å². The third-order valence-corrected chi connectivity index (χ3v) is 5.77. The number of fused-ring (bicyclic) bond motifs is 2. The Morgan fingerprint density at radius 3 is 2.90 bits per heavy atom. The van der Waals surface area contributed by atoms with Gasteiger partial charge in [-0.3, -0.25) is 9.20 Å². The molecule has 7 heteroatoms. The van der Waals surface area contributed by atoms with Crippen LogP contribution >= 0.6 is 0 Å². The van der Waals surface area contributed by atoms with E-state index in [1.807, 2.05) is 46.7 Å². The summed E-state index contributed by atoms with van der Waals surface area (Å²) in [6, 6.07) is 10.2. The largest absolute Gasteiger partial charge is 0.497 e. The van der Waals surface area contributed by atoms with Crippen molar-refractivity contribution < 1.29 is 9.53 Å². The van der Waals surface area contributed by atoms with Crippen LogP contribution in [-0.4, -0.2) is 51.6 Å². The molecule has 0 aliphatic carbocycles. The van der Waals surface area contributed by atoms with Gasteiger partial charge in [-0.25, -0.2) is 0 Å². The van der Waals surface area contributed by atoms with E-state index < -0.39 is 0 Å². The second kappa shape index (κ2) is 8.34. The van der Waals surface area contributed by atoms with Gasteiger partial charge in [-0.05, 0) is 43.5 Å². The van der Waals surface area contributed by atoms with Crippen molar-refractivity contribution in [2.45, 2.75) is 45.6 Å². The fraction of sp³-hybridized carbons (Fsp3) is 0.435. The predicted octanol–water partition coefficient (Wildman–Crippen LogP) is 3.75. The van der Waals surface area contributed by atoms with E-state index in [1.54, 1.807) is 7.11 Å². The molecule has 2 aromatic heterocycles. The maximum atomic E-state index is 13.3. The SMILES string of the molecule is CCN(CCC1Cc2ccc(OC)cc2N1)C(=O)c1cccn2c(C(C)C)nnc12. The van der Waals surface area contributed by atoms with E-state index in [0.29, 0.717) is 30.3 Å². The van der Waals surface area contributed by atoms with Gasteiger partial charge in [0.05, 0.1) is 12.7 Å². The summed E-state index contributed by atoms with van der Waals surface area (Å²) < 4.78 is 7.24. The smallest absolute Gasteiger partial charge is 0.257 e. The maximum Gasteiger partial charge on any atom is 0.257 e. The third-order valence-electron chi connectivity index (χ3n) is 5.77. The van der Waals surface area contributed by atoms with Gasteiger partial charge < -0.3 is 15.0 Å². The average Bonchev–Trinajstić information content (AvgIpc) is 3.36. The summed E-state index contributed by atoms with van der Waals surface area (Å²) >= 11 is 0. The molecule has 0 saturated heterocycles. The van der Waals surface area contributed by atoms with Gasteiger partial charge in [0.2, 0.25) is 0 Å². The number of carbonyl (C=O) groups is 1. The Bertz CT molecular complexity index is 1060. The van der Waals surface area contributed by atoms with Crippen molar-refractivity contribution >= 4 is 17.2 Å². The zero-order chi connectivity index (χ0) is 21.3. The highest BCUT2D eigenvalue weighted by molar-refractivity contribution is 5.99. The minimum absolute atomic E-state index is 0.00277. The molecule has 0 bridgehead atoms. The monoisotopic (exact) mass is 407 g/mol. The van der Waals surface area contributed by atoms with Crippen LogP contribution in [0.15, 0.2) is 36.5 Å². The molecular weight excluding hydrogens is 378 g/mol. The van der Waals surface area contributed by atoms with Crippen LogP contribution in [0.25, 0.3) is 5.65 Å². The third kappa shape index (κ3) is 3.72. The molecule has 0 fully saturated rings. The summed E-state index contributed by atoms with van der Waals surface area (Å²) in [6.07, 6.45) is 3.76. The lowest BCUT2D eigenvalue weighted by Gasteiger charge is -2.23. The van der Waals surface area contributed by atoms with Crippen LogP contribution in [0.1, 0.15) is 54.9 Å². The number of methoxy groups -OCH3 is 1. The summed E-state index contributed by atoms with van der Waals surface area (Å²) in [5.74, 6) is 1.96. The summed E-state index contributed by atoms with van der Waals surface area (Å²) in [6.45, 7) is 7.50. The Morgan fingerprint density at radius 2 is 2.17 bits per heavy atom. The predicted molar refractivity (Wildman–Crippen MR) is 117 cm³/mol. The molecule has 1 amide bonds. The van der Waals surface area contributed by atoms with Gasteiger partial charge in [0.15, 0.2) is 5.65 Å². The molecule has 1 aliphatic heterocycles. The van der Waals surface area contributed by atoms with Crippen molar-refractivity contribution in [2.75, 3.05) is 25.5 Å². The van der Waals surface area contributed by atoms with Crippen LogP contribution in [0.5, 0.6) is 5.75 Å². The summed E-state index contributed by atoms with van der Waals surface area (Å²) in [5.41, 5.74) is 3.65. The first-order valence-electron chi connectivity index (χ1n) is 10.6. The van der Waals surface area contributed by atoms with Gasteiger partial charge in [0, 0.05) is 43.0 Å². The molecule has 1 unspecified atom stereocenters. The number of hydrogen-bond acceptors (Lipinski definition) is 5. The quantitative estimate of drug-likeness (QED) is 0.646. The number of nitrogens with one attached hydrogen (secondary N) is 1. The zero-order valence-corrected chi connectivity index (χ0v) is 18.1. The van der Waals surface area contributed by atoms with Crippen LogP contribution in [0.4, 0.5) is 5.69 Å². The number of ether oxygens (including phenoxy) is 1. The Hall–Kier alpha value is -3.09. The number of carbonyl (C=O) groups excluding carboxylic acids is 1. The van der Waals surface area contributed by atoms with E-state index in [1.165, 1.54) is 5.56 Å². The first-order valence-corrected chi connectivity index (χ1v) is 10.6. The van der Waals surface area contributed by atoms with Gasteiger partial charge >= 0.3 is 0 Å². The number of benzene rings is 1. The van der Waals surface area contributed by atoms with Crippen LogP contribution in [0.3, 0.4) is 0 Å². The average molecular weight is 408 g/mol. The van der Waals surface area contributed by atoms with Crippen molar-refractivity contribution in [1.29, 1.82) is 0 Å². The Morgan fingerprint density at radius 1 is 1.33 bits per heavy atom. The first kappa shape index (κ1) is 20.2. The number of amides is 1. The van der Waals surface area contributed by atoms with Crippen molar-refractivity contribution in [3.63, 3.8) is 0 Å². The van der Waals surface area contributed by atoms with E-state index in [4.69, 9.17) is 4.74 Å². The number of rotatable bonds is 7. The van der Waals surface area contributed by atoms with Crippen LogP contribution < -0.4 is 10.1 Å². The van der Waals surface area contributed by atoms with Crippen LogP contribution in [-0.2, 0) is 6.42 Å². The molecule has 0 radical (unpaired) electrons. The van der Waals surface area contributed by atoms with Gasteiger partial charge in [-0.1, -0.05) is 19.9 Å². The fourth-order valence-corrected chi connectivity index (χ4v) is 4.09. The normalized spacial score (nSPS) is 15.3. The Balaban J connectivity index is 1.46. The maximum absolute atomic E-state index is 13.3. The molecule has 3 heterocycles. The standard InChI is InChI=1S/C23H29N5O2/c1-5-27(12-10-17-13-16-8-9-18(30-4)14-20(16)24-17)23(29)19-7-6-11-28-21(15(2)3)25-26-22(19)28/h6-9,11,14-15,17,24H,5,10,12-13H2,1-4H3. The van der Waals surface area contributed by atoms with Crippen molar-refractivity contribution in [1.82, 2.24) is 19.5 Å². The summed E-state index contributed by atoms with van der Waals surface area (Å²) in [7, 11) is 1.68. The number of aromatic nitrogens is 3. The lowest BCUT2D eigenvalue weighted by Crippen LogP contribution is -2.34. The second-order valence-electron chi connectivity index (χ2n) is 8.07. The van der Waals surface area contributed by atoms with Crippen LogP contribution in [0.2, 0.25) is 0 Å². The number of hydrogen-bond donors (Lipinski definition) is 1. The molecule has 7 nitrogen and oxygen atoms in total.